The SMILES string of the molecule is N=C(N)NCCC[CH]C(=O)N1CCCC(O)C1C(N)=O. The van der Waals surface area contributed by atoms with Gasteiger partial charge in [0, 0.05) is 19.5 Å². The third-order valence-electron chi connectivity index (χ3n) is 3.19. The molecule has 1 fully saturated rings. The van der Waals surface area contributed by atoms with E-state index in [4.69, 9.17) is 16.9 Å². The van der Waals surface area contributed by atoms with Gasteiger partial charge in [-0.15, -0.1) is 0 Å². The summed E-state index contributed by atoms with van der Waals surface area (Å²) in [5.41, 5.74) is 10.4. The van der Waals surface area contributed by atoms with E-state index in [9.17, 15) is 14.7 Å². The number of hydrogen-bond acceptors (Lipinski definition) is 4. The molecule has 1 rings (SSSR count). The molecule has 0 aromatic carbocycles. The van der Waals surface area contributed by atoms with E-state index in [2.05, 4.69) is 5.32 Å². The first-order chi connectivity index (χ1) is 9.43. The number of likely N-dealkylation sites (tertiary alicyclic amines) is 1. The Labute approximate surface area is 118 Å². The van der Waals surface area contributed by atoms with Gasteiger partial charge in [-0.2, -0.15) is 0 Å². The molecular formula is C12H22N5O3. The molecule has 1 radical (unpaired) electrons. The minimum absolute atomic E-state index is 0.107. The number of unbranched alkanes of at least 4 members (excludes halogenated alkanes) is 1. The first-order valence-corrected chi connectivity index (χ1v) is 6.62. The summed E-state index contributed by atoms with van der Waals surface area (Å²) in [5, 5.41) is 19.4. The van der Waals surface area contributed by atoms with Gasteiger partial charge in [-0.3, -0.25) is 15.0 Å². The molecule has 0 aromatic rings. The standard InChI is InChI=1S/C12H22N5O3/c13-11(20)10-8(18)4-3-7-17(10)9(19)5-1-2-6-16-12(14)15/h5,8,10,18H,1-4,6-7H2,(H2,13,20)(H4,14,15,16). The number of rotatable bonds is 6. The zero-order valence-electron chi connectivity index (χ0n) is 11.3. The maximum atomic E-state index is 12.0. The number of nitrogens with one attached hydrogen (secondary N) is 2. The van der Waals surface area contributed by atoms with Crippen molar-refractivity contribution in [2.45, 2.75) is 37.8 Å². The molecule has 113 valence electrons. The van der Waals surface area contributed by atoms with Crippen LogP contribution in [0.3, 0.4) is 0 Å². The molecule has 1 heterocycles. The molecule has 0 spiro atoms. The summed E-state index contributed by atoms with van der Waals surface area (Å²) in [7, 11) is 0. The smallest absolute Gasteiger partial charge is 0.242 e. The second-order valence-corrected chi connectivity index (χ2v) is 4.78. The number of carbonyl (C=O) groups is 2. The largest absolute Gasteiger partial charge is 0.390 e. The topological polar surface area (TPSA) is 146 Å². The van der Waals surface area contributed by atoms with Gasteiger partial charge in [0.25, 0.3) is 0 Å². The number of primary amides is 1. The van der Waals surface area contributed by atoms with Crippen LogP contribution in [0.5, 0.6) is 0 Å². The lowest BCUT2D eigenvalue weighted by Crippen LogP contribution is -2.57. The maximum absolute atomic E-state index is 12.0. The molecule has 0 aromatic heterocycles. The van der Waals surface area contributed by atoms with Crippen molar-refractivity contribution in [1.29, 1.82) is 5.41 Å². The van der Waals surface area contributed by atoms with Crippen molar-refractivity contribution >= 4 is 17.8 Å². The third kappa shape index (κ3) is 4.69. The predicted octanol–water partition coefficient (Wildman–Crippen LogP) is -1.71. The monoisotopic (exact) mass is 284 g/mol. The van der Waals surface area contributed by atoms with E-state index in [1.807, 2.05) is 0 Å². The number of piperidine rings is 1. The lowest BCUT2D eigenvalue weighted by molar-refractivity contribution is -0.144. The first kappa shape index (κ1) is 16.2. The van der Waals surface area contributed by atoms with Crippen LogP contribution >= 0.6 is 0 Å². The highest BCUT2D eigenvalue weighted by atomic mass is 16.3. The summed E-state index contributed by atoms with van der Waals surface area (Å²) in [4.78, 5) is 24.7. The van der Waals surface area contributed by atoms with Crippen LogP contribution in [-0.4, -0.2) is 53.0 Å². The summed E-state index contributed by atoms with van der Waals surface area (Å²) >= 11 is 0. The second kappa shape index (κ2) is 7.68. The molecular weight excluding hydrogens is 262 g/mol. The summed E-state index contributed by atoms with van der Waals surface area (Å²) in [6.07, 6.45) is 2.84. The van der Waals surface area contributed by atoms with E-state index >= 15 is 0 Å². The van der Waals surface area contributed by atoms with Crippen molar-refractivity contribution < 1.29 is 14.7 Å². The van der Waals surface area contributed by atoms with Gasteiger partial charge < -0.3 is 26.8 Å². The van der Waals surface area contributed by atoms with Crippen LogP contribution in [0.4, 0.5) is 0 Å². The summed E-state index contributed by atoms with van der Waals surface area (Å²) in [6, 6.07) is -0.942. The number of aliphatic hydroxyl groups is 1. The van der Waals surface area contributed by atoms with Crippen molar-refractivity contribution in [1.82, 2.24) is 10.2 Å². The quantitative estimate of drug-likeness (QED) is 0.224. The third-order valence-corrected chi connectivity index (χ3v) is 3.19. The zero-order chi connectivity index (χ0) is 15.1. The van der Waals surface area contributed by atoms with Crippen LogP contribution in [0.1, 0.15) is 25.7 Å². The number of carbonyl (C=O) groups excluding carboxylic acids is 2. The van der Waals surface area contributed by atoms with Crippen LogP contribution in [-0.2, 0) is 9.59 Å². The van der Waals surface area contributed by atoms with Crippen molar-refractivity contribution in [2.24, 2.45) is 11.5 Å². The molecule has 1 saturated heterocycles. The fourth-order valence-electron chi connectivity index (χ4n) is 2.23. The Morgan fingerprint density at radius 3 is 2.75 bits per heavy atom. The molecule has 8 nitrogen and oxygen atoms in total. The van der Waals surface area contributed by atoms with Gasteiger partial charge >= 0.3 is 0 Å². The normalized spacial score (nSPS) is 22.4. The van der Waals surface area contributed by atoms with Crippen molar-refractivity contribution in [3.63, 3.8) is 0 Å². The number of nitrogens with zero attached hydrogens (tertiary/aromatic N) is 1. The van der Waals surface area contributed by atoms with Crippen LogP contribution in [0.25, 0.3) is 0 Å². The van der Waals surface area contributed by atoms with Crippen LogP contribution in [0.15, 0.2) is 0 Å². The Hall–Kier alpha value is -1.83. The number of amides is 2. The molecule has 1 aliphatic heterocycles. The molecule has 2 atom stereocenters. The number of nitrogens with two attached hydrogens (primary N) is 2. The van der Waals surface area contributed by atoms with E-state index < -0.39 is 18.1 Å². The number of hydrogen-bond donors (Lipinski definition) is 5. The van der Waals surface area contributed by atoms with Crippen molar-refractivity contribution in [3.8, 4) is 0 Å². The first-order valence-electron chi connectivity index (χ1n) is 6.62. The summed E-state index contributed by atoms with van der Waals surface area (Å²) in [6.45, 7) is 0.923. The lowest BCUT2D eigenvalue weighted by atomic mass is 9.97. The highest BCUT2D eigenvalue weighted by Gasteiger charge is 2.36. The Kier molecular flexibility index (Phi) is 6.23. The van der Waals surface area contributed by atoms with Gasteiger partial charge in [0.1, 0.15) is 6.04 Å². The predicted molar refractivity (Wildman–Crippen MR) is 73.4 cm³/mol. The molecule has 2 unspecified atom stereocenters. The molecule has 0 bridgehead atoms. The average molecular weight is 284 g/mol. The Morgan fingerprint density at radius 1 is 1.45 bits per heavy atom. The van der Waals surface area contributed by atoms with Gasteiger partial charge in [-0.25, -0.2) is 0 Å². The van der Waals surface area contributed by atoms with Gasteiger partial charge in [0.05, 0.1) is 6.10 Å². The summed E-state index contributed by atoms with van der Waals surface area (Å²) < 4.78 is 0. The van der Waals surface area contributed by atoms with Crippen molar-refractivity contribution in [3.05, 3.63) is 6.42 Å². The van der Waals surface area contributed by atoms with Gasteiger partial charge in [-0.1, -0.05) is 0 Å². The number of guanidine groups is 1. The maximum Gasteiger partial charge on any atom is 0.242 e. The van der Waals surface area contributed by atoms with E-state index in [1.54, 1.807) is 0 Å². The van der Waals surface area contributed by atoms with E-state index in [-0.39, 0.29) is 11.9 Å². The molecule has 7 N–H and O–H groups in total. The minimum atomic E-state index is -0.942. The lowest BCUT2D eigenvalue weighted by Gasteiger charge is -2.37. The van der Waals surface area contributed by atoms with Crippen LogP contribution in [0.2, 0.25) is 0 Å². The molecule has 1 aliphatic rings. The van der Waals surface area contributed by atoms with E-state index in [1.165, 1.54) is 11.3 Å². The van der Waals surface area contributed by atoms with Crippen LogP contribution < -0.4 is 16.8 Å². The average Bonchev–Trinajstić information content (AvgIpc) is 2.36. The van der Waals surface area contributed by atoms with Gasteiger partial charge in [0.2, 0.25) is 11.8 Å². The Bertz CT molecular complexity index is 374. The molecule has 0 aliphatic carbocycles. The van der Waals surface area contributed by atoms with Gasteiger partial charge in [0.15, 0.2) is 5.96 Å². The fraction of sp³-hybridized carbons (Fsp3) is 0.667. The highest BCUT2D eigenvalue weighted by Crippen LogP contribution is 2.18. The van der Waals surface area contributed by atoms with Crippen LogP contribution in [0, 0.1) is 11.8 Å². The van der Waals surface area contributed by atoms with Gasteiger partial charge in [-0.05, 0) is 25.7 Å². The van der Waals surface area contributed by atoms with E-state index in [0.29, 0.717) is 38.8 Å². The number of aliphatic hydroxyl groups excluding tert-OH is 1. The molecule has 8 heteroatoms. The van der Waals surface area contributed by atoms with E-state index in [0.717, 1.165) is 0 Å². The molecule has 0 saturated carbocycles. The highest BCUT2D eigenvalue weighted by molar-refractivity contribution is 5.91. The van der Waals surface area contributed by atoms with Crippen molar-refractivity contribution in [2.75, 3.05) is 13.1 Å². The second-order valence-electron chi connectivity index (χ2n) is 4.78. The fourth-order valence-corrected chi connectivity index (χ4v) is 2.23. The Balaban J connectivity index is 2.40. The summed E-state index contributed by atoms with van der Waals surface area (Å²) in [5.74, 6) is -1.09. The Morgan fingerprint density at radius 2 is 2.15 bits per heavy atom. The molecule has 20 heavy (non-hydrogen) atoms. The zero-order valence-corrected chi connectivity index (χ0v) is 11.3. The minimum Gasteiger partial charge on any atom is -0.390 e. The molecule has 2 amide bonds.